The SMILES string of the molecule is CN1C(=O)Cc2ccc(-c3ccc(C[C@@H](C#N)NC(=O)[C@@H]4[C@H]5CCC(C5)N4C(=O)OC(C)(C)C)c(F)c3F)cc21. The third-order valence-corrected chi connectivity index (χ3v) is 7.99. The van der Waals surface area contributed by atoms with E-state index in [4.69, 9.17) is 4.74 Å². The third-order valence-electron chi connectivity index (χ3n) is 7.99. The summed E-state index contributed by atoms with van der Waals surface area (Å²) in [5.74, 6) is -2.80. The van der Waals surface area contributed by atoms with Gasteiger partial charge in [0, 0.05) is 30.8 Å². The molecular formula is C30H32F2N4O4. The first kappa shape index (κ1) is 27.6. The van der Waals surface area contributed by atoms with Gasteiger partial charge in [-0.25, -0.2) is 13.6 Å². The van der Waals surface area contributed by atoms with Gasteiger partial charge in [0.1, 0.15) is 17.7 Å². The van der Waals surface area contributed by atoms with Crippen LogP contribution in [0.15, 0.2) is 30.3 Å². The second-order valence-electron chi connectivity index (χ2n) is 11.8. The summed E-state index contributed by atoms with van der Waals surface area (Å²) in [6.45, 7) is 5.26. The first-order valence-corrected chi connectivity index (χ1v) is 13.5. The van der Waals surface area contributed by atoms with Gasteiger partial charge in [-0.3, -0.25) is 14.5 Å². The van der Waals surface area contributed by atoms with Crippen LogP contribution in [0.4, 0.5) is 19.3 Å². The van der Waals surface area contributed by atoms with Crippen LogP contribution in [0, 0.1) is 28.9 Å². The Hall–Kier alpha value is -4.00. The van der Waals surface area contributed by atoms with E-state index in [0.29, 0.717) is 17.7 Å². The summed E-state index contributed by atoms with van der Waals surface area (Å²) in [5.41, 5.74) is 1.15. The molecule has 2 aromatic carbocycles. The Bertz CT molecular complexity index is 1430. The summed E-state index contributed by atoms with van der Waals surface area (Å²) < 4.78 is 36.0. The summed E-state index contributed by atoms with van der Waals surface area (Å²) in [4.78, 5) is 41.1. The molecule has 3 aliphatic rings. The summed E-state index contributed by atoms with van der Waals surface area (Å²) >= 11 is 0. The molecule has 4 atom stereocenters. The second-order valence-corrected chi connectivity index (χ2v) is 11.8. The number of carbonyl (C=O) groups is 3. The highest BCUT2D eigenvalue weighted by Gasteiger charge is 2.52. The van der Waals surface area contributed by atoms with Crippen LogP contribution >= 0.6 is 0 Å². The average Bonchev–Trinajstić information content (AvgIpc) is 3.59. The molecule has 1 aliphatic carbocycles. The molecule has 5 rings (SSSR count). The maximum absolute atomic E-state index is 15.2. The van der Waals surface area contributed by atoms with Crippen LogP contribution in [0.2, 0.25) is 0 Å². The molecule has 1 N–H and O–H groups in total. The Balaban J connectivity index is 1.31. The molecule has 8 nitrogen and oxygen atoms in total. The van der Waals surface area contributed by atoms with E-state index in [1.165, 1.54) is 21.9 Å². The van der Waals surface area contributed by atoms with Crippen molar-refractivity contribution in [2.75, 3.05) is 11.9 Å². The number of carbonyl (C=O) groups excluding carboxylic acids is 3. The van der Waals surface area contributed by atoms with Crippen molar-refractivity contribution in [3.05, 3.63) is 53.1 Å². The van der Waals surface area contributed by atoms with E-state index in [9.17, 15) is 19.6 Å². The minimum atomic E-state index is -1.13. The van der Waals surface area contributed by atoms with Crippen molar-refractivity contribution < 1.29 is 27.9 Å². The number of halogens is 2. The monoisotopic (exact) mass is 550 g/mol. The number of amides is 3. The summed E-state index contributed by atoms with van der Waals surface area (Å²) in [6, 6.07) is 7.82. The molecule has 1 saturated carbocycles. The fourth-order valence-electron chi connectivity index (χ4n) is 6.09. The summed E-state index contributed by atoms with van der Waals surface area (Å²) in [5, 5.41) is 12.4. The minimum absolute atomic E-state index is 0.0318. The smallest absolute Gasteiger partial charge is 0.411 e. The zero-order valence-corrected chi connectivity index (χ0v) is 23.0. The highest BCUT2D eigenvalue weighted by Crippen LogP contribution is 2.43. The lowest BCUT2D eigenvalue weighted by molar-refractivity contribution is -0.128. The van der Waals surface area contributed by atoms with E-state index in [1.807, 2.05) is 6.07 Å². The number of rotatable bonds is 5. The number of benzene rings is 2. The van der Waals surface area contributed by atoms with E-state index < -0.39 is 41.3 Å². The molecule has 1 saturated heterocycles. The van der Waals surface area contributed by atoms with Crippen LogP contribution in [0.1, 0.15) is 51.2 Å². The molecule has 0 radical (unpaired) electrons. The number of anilines is 1. The van der Waals surface area contributed by atoms with Crippen molar-refractivity contribution in [1.82, 2.24) is 10.2 Å². The van der Waals surface area contributed by atoms with Crippen molar-refractivity contribution in [3.63, 3.8) is 0 Å². The lowest BCUT2D eigenvalue weighted by Crippen LogP contribution is -2.55. The van der Waals surface area contributed by atoms with Crippen LogP contribution in [0.25, 0.3) is 11.1 Å². The molecule has 2 bridgehead atoms. The van der Waals surface area contributed by atoms with Gasteiger partial charge in [-0.15, -0.1) is 0 Å². The van der Waals surface area contributed by atoms with E-state index in [-0.39, 0.29) is 41.8 Å². The largest absolute Gasteiger partial charge is 0.444 e. The number of nitrogens with one attached hydrogen (secondary N) is 1. The molecule has 0 spiro atoms. The van der Waals surface area contributed by atoms with Crippen LogP contribution in [0.3, 0.4) is 0 Å². The fourth-order valence-corrected chi connectivity index (χ4v) is 6.09. The molecule has 2 fully saturated rings. The Morgan fingerprint density at radius 2 is 1.93 bits per heavy atom. The quantitative estimate of drug-likeness (QED) is 0.591. The van der Waals surface area contributed by atoms with Crippen molar-refractivity contribution in [2.24, 2.45) is 5.92 Å². The van der Waals surface area contributed by atoms with Gasteiger partial charge in [0.15, 0.2) is 11.6 Å². The maximum atomic E-state index is 15.2. The molecule has 2 aromatic rings. The molecule has 3 amide bonds. The van der Waals surface area contributed by atoms with E-state index in [1.54, 1.807) is 46.0 Å². The van der Waals surface area contributed by atoms with Gasteiger partial charge in [-0.1, -0.05) is 24.3 Å². The van der Waals surface area contributed by atoms with Crippen molar-refractivity contribution in [3.8, 4) is 17.2 Å². The molecule has 1 unspecified atom stereocenters. The third kappa shape index (κ3) is 5.01. The van der Waals surface area contributed by atoms with Gasteiger partial charge in [-0.2, -0.15) is 5.26 Å². The highest BCUT2D eigenvalue weighted by atomic mass is 19.2. The Morgan fingerprint density at radius 1 is 1.18 bits per heavy atom. The van der Waals surface area contributed by atoms with Crippen molar-refractivity contribution in [1.29, 1.82) is 5.26 Å². The van der Waals surface area contributed by atoms with Gasteiger partial charge < -0.3 is 15.0 Å². The number of ether oxygens (including phenoxy) is 1. The predicted molar refractivity (Wildman–Crippen MR) is 143 cm³/mol. The van der Waals surface area contributed by atoms with Gasteiger partial charge in [0.25, 0.3) is 0 Å². The lowest BCUT2D eigenvalue weighted by atomic mass is 9.96. The number of likely N-dealkylation sites (N-methyl/N-ethyl adjacent to an activating group) is 1. The van der Waals surface area contributed by atoms with Crippen molar-refractivity contribution in [2.45, 2.75) is 76.6 Å². The molecule has 0 aromatic heterocycles. The molecular weight excluding hydrogens is 518 g/mol. The summed E-state index contributed by atoms with van der Waals surface area (Å²) in [6.07, 6.45) is 1.69. The molecule has 210 valence electrons. The first-order valence-electron chi connectivity index (χ1n) is 13.5. The maximum Gasteiger partial charge on any atom is 0.411 e. The normalized spacial score (nSPS) is 22.2. The number of nitrogens with zero attached hydrogens (tertiary/aromatic N) is 3. The minimum Gasteiger partial charge on any atom is -0.444 e. The predicted octanol–water partition coefficient (Wildman–Crippen LogP) is 4.49. The topological polar surface area (TPSA) is 103 Å². The molecule has 2 heterocycles. The van der Waals surface area contributed by atoms with Gasteiger partial charge in [0.05, 0.1) is 12.5 Å². The summed E-state index contributed by atoms with van der Waals surface area (Å²) in [7, 11) is 1.64. The van der Waals surface area contributed by atoms with Gasteiger partial charge in [0.2, 0.25) is 11.8 Å². The Morgan fingerprint density at radius 3 is 2.62 bits per heavy atom. The highest BCUT2D eigenvalue weighted by molar-refractivity contribution is 6.01. The molecule has 10 heteroatoms. The zero-order chi connectivity index (χ0) is 28.9. The van der Waals surface area contributed by atoms with Gasteiger partial charge >= 0.3 is 6.09 Å². The number of hydrogen-bond donors (Lipinski definition) is 1. The standard InChI is InChI=1S/C30H32F2N4O4/c1-30(2,3)40-29(39)36-21-9-7-19(12-21)27(36)28(38)34-20(15-33)11-18-8-10-22(26(32)25(18)31)16-5-6-17-14-24(37)35(4)23(17)13-16/h5-6,8,10,13,19-21,27H,7,9,11-12,14H2,1-4H3,(H,34,38)/t19-,20-,21?,27-/m0/s1. The lowest BCUT2D eigenvalue weighted by Gasteiger charge is -2.35. The van der Waals surface area contributed by atoms with Crippen molar-refractivity contribution >= 4 is 23.6 Å². The Kier molecular flexibility index (Phi) is 7.02. The fraction of sp³-hybridized carbons (Fsp3) is 0.467. The first-order chi connectivity index (χ1) is 18.9. The van der Waals surface area contributed by atoms with Crippen LogP contribution in [0.5, 0.6) is 0 Å². The number of fused-ring (bicyclic) bond motifs is 3. The number of likely N-dealkylation sites (tertiary alicyclic amines) is 1. The van der Waals surface area contributed by atoms with E-state index in [0.717, 1.165) is 18.4 Å². The number of hydrogen-bond acceptors (Lipinski definition) is 5. The van der Waals surface area contributed by atoms with E-state index in [2.05, 4.69) is 5.32 Å². The van der Waals surface area contributed by atoms with Crippen LogP contribution in [-0.4, -0.2) is 53.6 Å². The van der Waals surface area contributed by atoms with Gasteiger partial charge in [-0.05, 0) is 68.7 Å². The zero-order valence-electron chi connectivity index (χ0n) is 23.0. The Labute approximate surface area is 231 Å². The van der Waals surface area contributed by atoms with Crippen LogP contribution in [-0.2, 0) is 27.2 Å². The van der Waals surface area contributed by atoms with E-state index >= 15 is 8.78 Å². The second kappa shape index (κ2) is 10.2. The average molecular weight is 551 g/mol. The molecule has 2 aliphatic heterocycles. The van der Waals surface area contributed by atoms with Crippen LogP contribution < -0.4 is 10.2 Å². The number of piperidine rings is 1. The molecule has 40 heavy (non-hydrogen) atoms. The number of nitriles is 1.